The molecular weight excluding hydrogens is 290 g/mol. The van der Waals surface area contributed by atoms with Crippen LogP contribution in [0.2, 0.25) is 0 Å². The van der Waals surface area contributed by atoms with Crippen molar-refractivity contribution in [1.29, 1.82) is 0 Å². The summed E-state index contributed by atoms with van der Waals surface area (Å²) in [4.78, 5) is 4.30. The molecule has 3 aromatic rings. The third kappa shape index (κ3) is 4.20. The molecule has 1 aromatic heterocycles. The van der Waals surface area contributed by atoms with Crippen molar-refractivity contribution in [2.45, 2.75) is 6.42 Å². The Kier molecular flexibility index (Phi) is 5.06. The zero-order chi connectivity index (χ0) is 15.9. The fourth-order valence-corrected chi connectivity index (χ4v) is 2.31. The highest BCUT2D eigenvalue weighted by Crippen LogP contribution is 2.19. The summed E-state index contributed by atoms with van der Waals surface area (Å²) >= 11 is 0. The quantitative estimate of drug-likeness (QED) is 0.622. The van der Waals surface area contributed by atoms with Crippen LogP contribution in [-0.2, 0) is 11.2 Å². The van der Waals surface area contributed by atoms with Gasteiger partial charge in [-0.25, -0.2) is 0 Å². The predicted molar refractivity (Wildman–Crippen MR) is 89.9 cm³/mol. The summed E-state index contributed by atoms with van der Waals surface area (Å²) in [5.74, 6) is 1.67. The predicted octanol–water partition coefficient (Wildman–Crippen LogP) is 3.84. The molecule has 1 heterocycles. The van der Waals surface area contributed by atoms with E-state index in [9.17, 15) is 0 Å². The van der Waals surface area contributed by atoms with Crippen LogP contribution in [0.5, 0.6) is 11.5 Å². The summed E-state index contributed by atoms with van der Waals surface area (Å²) < 4.78 is 16.1. The van der Waals surface area contributed by atoms with Gasteiger partial charge in [0, 0.05) is 25.1 Å². The second-order valence-electron chi connectivity index (χ2n) is 5.15. The van der Waals surface area contributed by atoms with Gasteiger partial charge in [-0.1, -0.05) is 18.2 Å². The maximum Gasteiger partial charge on any atom is 0.188 e. The highest BCUT2D eigenvalue weighted by Gasteiger charge is 2.00. The van der Waals surface area contributed by atoms with E-state index in [1.54, 1.807) is 13.3 Å². The van der Waals surface area contributed by atoms with Gasteiger partial charge >= 0.3 is 0 Å². The number of rotatable bonds is 7. The molecule has 0 aliphatic carbocycles. The van der Waals surface area contributed by atoms with Gasteiger partial charge in [0.1, 0.15) is 11.5 Å². The Morgan fingerprint density at radius 2 is 1.74 bits per heavy atom. The second-order valence-corrected chi connectivity index (χ2v) is 5.15. The molecule has 3 rings (SSSR count). The van der Waals surface area contributed by atoms with Crippen molar-refractivity contribution >= 4 is 10.9 Å². The summed E-state index contributed by atoms with van der Waals surface area (Å²) in [5.41, 5.74) is 2.18. The molecule has 0 N–H and O–H groups in total. The number of methoxy groups -OCH3 is 1. The molecule has 0 atom stereocenters. The number of nitrogens with zero attached hydrogens (tertiary/aromatic N) is 1. The fourth-order valence-electron chi connectivity index (χ4n) is 2.31. The van der Waals surface area contributed by atoms with E-state index in [2.05, 4.69) is 4.98 Å². The number of aromatic nitrogens is 1. The largest absolute Gasteiger partial charge is 0.493 e. The normalized spacial score (nSPS) is 10.7. The number of hydrogen-bond acceptors (Lipinski definition) is 4. The molecule has 118 valence electrons. The first kappa shape index (κ1) is 15.3. The highest BCUT2D eigenvalue weighted by atomic mass is 16.7. The van der Waals surface area contributed by atoms with E-state index >= 15 is 0 Å². The van der Waals surface area contributed by atoms with Crippen molar-refractivity contribution < 1.29 is 14.2 Å². The van der Waals surface area contributed by atoms with Crippen LogP contribution in [-0.4, -0.2) is 25.5 Å². The first-order valence-electron chi connectivity index (χ1n) is 7.53. The Hall–Kier alpha value is -2.59. The van der Waals surface area contributed by atoms with E-state index in [4.69, 9.17) is 14.2 Å². The lowest BCUT2D eigenvalue weighted by Gasteiger charge is -2.08. The van der Waals surface area contributed by atoms with Crippen LogP contribution in [0.1, 0.15) is 5.56 Å². The zero-order valence-corrected chi connectivity index (χ0v) is 13.1. The Morgan fingerprint density at radius 1 is 0.913 bits per heavy atom. The van der Waals surface area contributed by atoms with E-state index in [0.29, 0.717) is 6.61 Å². The molecule has 0 saturated carbocycles. The molecule has 0 spiro atoms. The van der Waals surface area contributed by atoms with Gasteiger partial charge in [0.05, 0.1) is 12.1 Å². The molecular formula is C19H19NO3. The van der Waals surface area contributed by atoms with Crippen molar-refractivity contribution in [2.75, 3.05) is 20.5 Å². The lowest BCUT2D eigenvalue weighted by atomic mass is 10.1. The van der Waals surface area contributed by atoms with E-state index in [1.165, 1.54) is 5.56 Å². The molecule has 0 aliphatic rings. The van der Waals surface area contributed by atoms with Crippen molar-refractivity contribution in [3.8, 4) is 11.5 Å². The zero-order valence-electron chi connectivity index (χ0n) is 13.1. The van der Waals surface area contributed by atoms with Crippen LogP contribution in [0.15, 0.2) is 60.8 Å². The lowest BCUT2D eigenvalue weighted by Crippen LogP contribution is -2.02. The van der Waals surface area contributed by atoms with E-state index in [-0.39, 0.29) is 6.79 Å². The summed E-state index contributed by atoms with van der Waals surface area (Å²) in [6, 6.07) is 17.9. The van der Waals surface area contributed by atoms with Gasteiger partial charge in [-0.2, -0.15) is 0 Å². The third-order valence-electron chi connectivity index (χ3n) is 3.50. The van der Waals surface area contributed by atoms with Crippen LogP contribution < -0.4 is 9.47 Å². The molecule has 4 nitrogen and oxygen atoms in total. The van der Waals surface area contributed by atoms with Gasteiger partial charge < -0.3 is 14.2 Å². The average Bonchev–Trinajstić information content (AvgIpc) is 2.61. The first-order chi connectivity index (χ1) is 11.3. The fraction of sp³-hybridized carbons (Fsp3) is 0.211. The van der Waals surface area contributed by atoms with E-state index < -0.39 is 0 Å². The van der Waals surface area contributed by atoms with Gasteiger partial charge in [-0.3, -0.25) is 4.98 Å². The Morgan fingerprint density at radius 3 is 2.57 bits per heavy atom. The van der Waals surface area contributed by atoms with Gasteiger partial charge in [0.2, 0.25) is 0 Å². The first-order valence-corrected chi connectivity index (χ1v) is 7.53. The molecule has 4 heteroatoms. The molecule has 0 radical (unpaired) electrons. The summed E-state index contributed by atoms with van der Waals surface area (Å²) in [5, 5.41) is 1.09. The smallest absolute Gasteiger partial charge is 0.188 e. The summed E-state index contributed by atoms with van der Waals surface area (Å²) in [6.07, 6.45) is 2.64. The lowest BCUT2D eigenvalue weighted by molar-refractivity contribution is 0.0511. The van der Waals surface area contributed by atoms with Crippen LogP contribution in [0.3, 0.4) is 0 Å². The van der Waals surface area contributed by atoms with Crippen molar-refractivity contribution in [2.24, 2.45) is 0 Å². The minimum Gasteiger partial charge on any atom is -0.493 e. The number of ether oxygens (including phenoxy) is 3. The van der Waals surface area contributed by atoms with Crippen molar-refractivity contribution in [3.63, 3.8) is 0 Å². The number of benzene rings is 2. The molecule has 0 amide bonds. The monoisotopic (exact) mass is 309 g/mol. The minimum atomic E-state index is 0.263. The molecule has 0 bridgehead atoms. The Bertz CT molecular complexity index is 756. The van der Waals surface area contributed by atoms with Crippen LogP contribution in [0.4, 0.5) is 0 Å². The Labute approximate surface area is 135 Å². The average molecular weight is 309 g/mol. The highest BCUT2D eigenvalue weighted by molar-refractivity contribution is 5.79. The maximum absolute atomic E-state index is 5.83. The molecule has 0 aliphatic heterocycles. The molecule has 0 saturated heterocycles. The summed E-state index contributed by atoms with van der Waals surface area (Å²) in [7, 11) is 1.61. The van der Waals surface area contributed by atoms with Gasteiger partial charge in [0.25, 0.3) is 0 Å². The van der Waals surface area contributed by atoms with Crippen LogP contribution in [0, 0.1) is 0 Å². The standard InChI is InChI=1S/C19H19NO3/c1-21-14-23-17-6-4-15(5-7-17)10-12-22-18-8-9-19-16(13-18)3-2-11-20-19/h2-9,11,13H,10,12,14H2,1H3. The molecule has 2 aromatic carbocycles. The number of fused-ring (bicyclic) bond motifs is 1. The number of pyridine rings is 1. The van der Waals surface area contributed by atoms with Crippen LogP contribution >= 0.6 is 0 Å². The van der Waals surface area contributed by atoms with Crippen molar-refractivity contribution in [3.05, 3.63) is 66.4 Å². The van der Waals surface area contributed by atoms with Crippen LogP contribution in [0.25, 0.3) is 10.9 Å². The number of hydrogen-bond donors (Lipinski definition) is 0. The molecule has 0 unspecified atom stereocenters. The van der Waals surface area contributed by atoms with Crippen molar-refractivity contribution in [1.82, 2.24) is 4.98 Å². The van der Waals surface area contributed by atoms with Gasteiger partial charge in [-0.05, 0) is 42.0 Å². The van der Waals surface area contributed by atoms with E-state index in [1.807, 2.05) is 54.6 Å². The Balaban J connectivity index is 1.53. The third-order valence-corrected chi connectivity index (χ3v) is 3.50. The topological polar surface area (TPSA) is 40.6 Å². The van der Waals surface area contributed by atoms with E-state index in [0.717, 1.165) is 28.8 Å². The molecule has 0 fully saturated rings. The molecule has 23 heavy (non-hydrogen) atoms. The minimum absolute atomic E-state index is 0.263. The second kappa shape index (κ2) is 7.61. The van der Waals surface area contributed by atoms with Gasteiger partial charge in [-0.15, -0.1) is 0 Å². The maximum atomic E-state index is 5.83. The SMILES string of the molecule is COCOc1ccc(CCOc2ccc3ncccc3c2)cc1. The van der Waals surface area contributed by atoms with Gasteiger partial charge in [0.15, 0.2) is 6.79 Å². The summed E-state index contributed by atoms with van der Waals surface area (Å²) in [6.45, 7) is 0.892.